The van der Waals surface area contributed by atoms with Crippen molar-refractivity contribution in [3.8, 4) is 0 Å². The van der Waals surface area contributed by atoms with Crippen molar-refractivity contribution in [2.45, 2.75) is 322 Å². The van der Waals surface area contributed by atoms with Gasteiger partial charge in [-0.05, 0) is 116 Å². The predicted octanol–water partition coefficient (Wildman–Crippen LogP) is 21.3. The van der Waals surface area contributed by atoms with Crippen LogP contribution in [0.5, 0.6) is 0 Å². The van der Waals surface area contributed by atoms with Crippen LogP contribution in [-0.4, -0.2) is 37.2 Å². The first-order valence-corrected chi connectivity index (χ1v) is 31.4. The Balaban J connectivity index is 4.41. The predicted molar refractivity (Wildman–Crippen MR) is 316 cm³/mol. The van der Waals surface area contributed by atoms with E-state index in [2.05, 4.69) is 93.7 Å². The van der Waals surface area contributed by atoms with Gasteiger partial charge in [0.2, 0.25) is 0 Å². The summed E-state index contributed by atoms with van der Waals surface area (Å²) in [6, 6.07) is 0. The molecule has 0 bridgehead atoms. The van der Waals surface area contributed by atoms with Gasteiger partial charge in [-0.1, -0.05) is 254 Å². The Bertz CT molecular complexity index is 1360. The fraction of sp³-hybridized carbons (Fsp3) is 0.776. The van der Waals surface area contributed by atoms with Crippen molar-refractivity contribution in [3.63, 3.8) is 0 Å². The summed E-state index contributed by atoms with van der Waals surface area (Å²) in [5, 5.41) is 0. The molecule has 0 rings (SSSR count). The Hall–Kier alpha value is -3.15. The van der Waals surface area contributed by atoms with Gasteiger partial charge in [0.25, 0.3) is 0 Å². The maximum atomic E-state index is 12.9. The molecular weight excluding hydrogens is 901 g/mol. The molecule has 0 aliphatic carbocycles. The van der Waals surface area contributed by atoms with Gasteiger partial charge in [0.05, 0.1) is 0 Å². The molecule has 0 aromatic heterocycles. The molecule has 1 atom stereocenters. The first kappa shape index (κ1) is 69.8. The van der Waals surface area contributed by atoms with E-state index in [9.17, 15) is 14.4 Å². The van der Waals surface area contributed by atoms with Crippen LogP contribution < -0.4 is 0 Å². The van der Waals surface area contributed by atoms with Crippen molar-refractivity contribution in [2.24, 2.45) is 0 Å². The number of rotatable bonds is 57. The summed E-state index contributed by atoms with van der Waals surface area (Å²) in [6.07, 6.45) is 78.9. The number of ether oxygens (including phenoxy) is 3. The molecule has 0 aliphatic heterocycles. The van der Waals surface area contributed by atoms with Crippen LogP contribution in [0.3, 0.4) is 0 Å². The first-order valence-electron chi connectivity index (χ1n) is 31.4. The lowest BCUT2D eigenvalue weighted by Gasteiger charge is -2.18. The molecule has 0 heterocycles. The van der Waals surface area contributed by atoms with Gasteiger partial charge in [0, 0.05) is 19.3 Å². The number of hydrogen-bond donors (Lipinski definition) is 0. The average molecular weight is 1020 g/mol. The van der Waals surface area contributed by atoms with Gasteiger partial charge in [-0.3, -0.25) is 14.4 Å². The topological polar surface area (TPSA) is 78.9 Å². The fourth-order valence-electron chi connectivity index (χ4n) is 8.89. The van der Waals surface area contributed by atoms with Gasteiger partial charge in [0.1, 0.15) is 13.2 Å². The smallest absolute Gasteiger partial charge is 0.306 e. The molecular formula is C67H118O6. The van der Waals surface area contributed by atoms with E-state index >= 15 is 0 Å². The number of esters is 3. The van der Waals surface area contributed by atoms with Crippen LogP contribution in [-0.2, 0) is 28.6 Å². The van der Waals surface area contributed by atoms with Gasteiger partial charge in [-0.2, -0.15) is 0 Å². The summed E-state index contributed by atoms with van der Waals surface area (Å²) in [6.45, 7) is 6.59. The van der Waals surface area contributed by atoms with E-state index in [1.807, 2.05) is 0 Å². The molecule has 0 aliphatic rings. The maximum absolute atomic E-state index is 12.9. The summed E-state index contributed by atoms with van der Waals surface area (Å²) < 4.78 is 16.9. The highest BCUT2D eigenvalue weighted by atomic mass is 16.6. The fourth-order valence-corrected chi connectivity index (χ4v) is 8.89. The molecule has 0 saturated carbocycles. The zero-order chi connectivity index (χ0) is 52.9. The quantitative estimate of drug-likeness (QED) is 0.0261. The first-order chi connectivity index (χ1) is 36.0. The number of unbranched alkanes of at least 4 members (excludes halogenated alkanes) is 34. The number of carbonyl (C=O) groups excluding carboxylic acids is 3. The third kappa shape index (κ3) is 59.6. The second-order valence-corrected chi connectivity index (χ2v) is 21.0. The van der Waals surface area contributed by atoms with Gasteiger partial charge in [-0.25, -0.2) is 0 Å². The normalized spacial score (nSPS) is 12.5. The minimum Gasteiger partial charge on any atom is -0.462 e. The zero-order valence-corrected chi connectivity index (χ0v) is 48.4. The molecule has 0 fully saturated rings. The number of carbonyl (C=O) groups is 3. The summed E-state index contributed by atoms with van der Waals surface area (Å²) in [4.78, 5) is 38.3. The van der Waals surface area contributed by atoms with E-state index in [-0.39, 0.29) is 31.1 Å². The highest BCUT2D eigenvalue weighted by molar-refractivity contribution is 5.71. The number of allylic oxidation sites excluding steroid dienone is 12. The zero-order valence-electron chi connectivity index (χ0n) is 48.4. The third-order valence-corrected chi connectivity index (χ3v) is 13.7. The van der Waals surface area contributed by atoms with E-state index in [0.29, 0.717) is 19.3 Å². The SMILES string of the molecule is CCCCC/C=C\C/C=C\C/C=C\CCCCCCC(=O)OC[C@H](COC(=O)CCCCCCCCCCC/C=C\CCCCCCCC)OC(=O)CCCCCCCCCCC/C=C\C/C=C\CCCCC. The van der Waals surface area contributed by atoms with Gasteiger partial charge in [0.15, 0.2) is 6.10 Å². The van der Waals surface area contributed by atoms with Crippen LogP contribution >= 0.6 is 0 Å². The highest BCUT2D eigenvalue weighted by Crippen LogP contribution is 2.16. The highest BCUT2D eigenvalue weighted by Gasteiger charge is 2.19. The maximum Gasteiger partial charge on any atom is 0.306 e. The lowest BCUT2D eigenvalue weighted by Crippen LogP contribution is -2.30. The standard InChI is InChI=1S/C67H118O6/c1-4-7-10-13-16-19-22-25-28-31-33-36-39-42-45-48-51-54-57-60-66(69)72-63-64(62-71-65(68)59-56-53-50-47-44-41-38-35-30-27-24-21-18-15-12-9-6-3)73-67(70)61-58-55-52-49-46-43-40-37-34-32-29-26-23-20-17-14-11-8-5-2/h17-18,20-21,25-30,38,41,64H,4-16,19,22-24,31-37,39-40,42-63H2,1-3H3/b20-17-,21-18-,28-25-,29-26-,30-27-,41-38-/t64-/m1/s1. The number of hydrogen-bond acceptors (Lipinski definition) is 6. The van der Waals surface area contributed by atoms with Crippen molar-refractivity contribution < 1.29 is 28.6 Å². The lowest BCUT2D eigenvalue weighted by molar-refractivity contribution is -0.167. The Morgan fingerprint density at radius 1 is 0.274 bits per heavy atom. The summed E-state index contributed by atoms with van der Waals surface area (Å²) in [5.41, 5.74) is 0. The van der Waals surface area contributed by atoms with Crippen LogP contribution in [0.25, 0.3) is 0 Å². The van der Waals surface area contributed by atoms with Gasteiger partial charge >= 0.3 is 17.9 Å². The van der Waals surface area contributed by atoms with Crippen molar-refractivity contribution in [3.05, 3.63) is 72.9 Å². The molecule has 0 aromatic carbocycles. The third-order valence-electron chi connectivity index (χ3n) is 13.7. The van der Waals surface area contributed by atoms with Crippen LogP contribution in [0.2, 0.25) is 0 Å². The minimum atomic E-state index is -0.789. The summed E-state index contributed by atoms with van der Waals surface area (Å²) in [5.74, 6) is -0.900. The van der Waals surface area contributed by atoms with Crippen LogP contribution in [0.1, 0.15) is 316 Å². The molecule has 422 valence electrons. The van der Waals surface area contributed by atoms with Crippen molar-refractivity contribution in [1.82, 2.24) is 0 Å². The van der Waals surface area contributed by atoms with E-state index in [1.165, 1.54) is 186 Å². The molecule has 0 spiro atoms. The van der Waals surface area contributed by atoms with Gasteiger partial charge in [-0.15, -0.1) is 0 Å². The van der Waals surface area contributed by atoms with Crippen molar-refractivity contribution >= 4 is 17.9 Å². The Morgan fingerprint density at radius 2 is 0.493 bits per heavy atom. The Kier molecular flexibility index (Phi) is 58.7. The molecule has 0 saturated heterocycles. The second kappa shape index (κ2) is 61.4. The molecule has 0 radical (unpaired) electrons. The summed E-state index contributed by atoms with van der Waals surface area (Å²) in [7, 11) is 0. The van der Waals surface area contributed by atoms with E-state index in [4.69, 9.17) is 14.2 Å². The Labute approximate surface area is 453 Å². The van der Waals surface area contributed by atoms with E-state index < -0.39 is 6.10 Å². The van der Waals surface area contributed by atoms with Gasteiger partial charge < -0.3 is 14.2 Å². The van der Waals surface area contributed by atoms with Crippen LogP contribution in [0.15, 0.2) is 72.9 Å². The lowest BCUT2D eigenvalue weighted by atomic mass is 10.1. The van der Waals surface area contributed by atoms with Crippen molar-refractivity contribution in [2.75, 3.05) is 13.2 Å². The van der Waals surface area contributed by atoms with E-state index in [0.717, 1.165) is 89.9 Å². The largest absolute Gasteiger partial charge is 0.462 e. The average Bonchev–Trinajstić information content (AvgIpc) is 3.39. The second-order valence-electron chi connectivity index (χ2n) is 21.0. The molecule has 0 amide bonds. The molecule has 0 N–H and O–H groups in total. The summed E-state index contributed by atoms with van der Waals surface area (Å²) >= 11 is 0. The minimum absolute atomic E-state index is 0.0842. The van der Waals surface area contributed by atoms with Crippen LogP contribution in [0.4, 0.5) is 0 Å². The molecule has 6 nitrogen and oxygen atoms in total. The molecule has 0 unspecified atom stereocenters. The Morgan fingerprint density at radius 3 is 0.808 bits per heavy atom. The molecule has 0 aromatic rings. The molecule has 73 heavy (non-hydrogen) atoms. The van der Waals surface area contributed by atoms with E-state index in [1.54, 1.807) is 0 Å². The monoisotopic (exact) mass is 1020 g/mol. The van der Waals surface area contributed by atoms with Crippen molar-refractivity contribution in [1.29, 1.82) is 0 Å². The van der Waals surface area contributed by atoms with Crippen LogP contribution in [0, 0.1) is 0 Å². The molecule has 6 heteroatoms.